The first-order chi connectivity index (χ1) is 8.70. The molecule has 5 nitrogen and oxygen atoms in total. The van der Waals surface area contributed by atoms with Gasteiger partial charge in [-0.15, -0.1) is 0 Å². The highest BCUT2D eigenvalue weighted by molar-refractivity contribution is 4.95. The Bertz CT molecular complexity index is 361. The Morgan fingerprint density at radius 2 is 2.11 bits per heavy atom. The fourth-order valence-corrected chi connectivity index (χ4v) is 2.37. The molecule has 18 heavy (non-hydrogen) atoms. The third-order valence-corrected chi connectivity index (χ3v) is 3.85. The number of hydrogen-bond donors (Lipinski definition) is 1. The van der Waals surface area contributed by atoms with Crippen molar-refractivity contribution in [1.29, 1.82) is 0 Å². The Kier molecular flexibility index (Phi) is 4.72. The SMILES string of the molecule is CC(CO)N(C)Cc1noc(C2CCCCC2)n1. The van der Waals surface area contributed by atoms with Crippen LogP contribution in [0.4, 0.5) is 0 Å². The lowest BCUT2D eigenvalue weighted by Crippen LogP contribution is -2.31. The van der Waals surface area contributed by atoms with Gasteiger partial charge in [0.05, 0.1) is 13.2 Å². The fraction of sp³-hybridized carbons (Fsp3) is 0.846. The van der Waals surface area contributed by atoms with Crippen molar-refractivity contribution in [2.45, 2.75) is 57.5 Å². The summed E-state index contributed by atoms with van der Waals surface area (Å²) in [7, 11) is 1.96. The second-order valence-corrected chi connectivity index (χ2v) is 5.33. The smallest absolute Gasteiger partial charge is 0.229 e. The predicted molar refractivity (Wildman–Crippen MR) is 68.1 cm³/mol. The molecule has 0 spiro atoms. The first kappa shape index (κ1) is 13.5. The summed E-state index contributed by atoms with van der Waals surface area (Å²) in [6, 6.07) is 0.113. The molecule has 1 saturated carbocycles. The molecule has 1 aromatic heterocycles. The molecule has 102 valence electrons. The van der Waals surface area contributed by atoms with Crippen molar-refractivity contribution in [3.05, 3.63) is 11.7 Å². The van der Waals surface area contributed by atoms with E-state index >= 15 is 0 Å². The molecule has 1 aliphatic carbocycles. The van der Waals surface area contributed by atoms with Gasteiger partial charge >= 0.3 is 0 Å². The van der Waals surface area contributed by atoms with Crippen LogP contribution >= 0.6 is 0 Å². The molecular weight excluding hydrogens is 230 g/mol. The summed E-state index contributed by atoms with van der Waals surface area (Å²) in [5, 5.41) is 13.1. The van der Waals surface area contributed by atoms with Crippen molar-refractivity contribution in [2.75, 3.05) is 13.7 Å². The van der Waals surface area contributed by atoms with Gasteiger partial charge in [0, 0.05) is 12.0 Å². The summed E-state index contributed by atoms with van der Waals surface area (Å²) in [5.74, 6) is 1.98. The largest absolute Gasteiger partial charge is 0.395 e. The average molecular weight is 253 g/mol. The number of likely N-dealkylation sites (N-methyl/N-ethyl adjacent to an activating group) is 1. The summed E-state index contributed by atoms with van der Waals surface area (Å²) in [4.78, 5) is 6.51. The van der Waals surface area contributed by atoms with Crippen LogP contribution in [0.5, 0.6) is 0 Å². The molecule has 2 rings (SSSR count). The Labute approximate surface area is 108 Å². The van der Waals surface area contributed by atoms with E-state index in [1.54, 1.807) is 0 Å². The van der Waals surface area contributed by atoms with Gasteiger partial charge in [-0.05, 0) is 26.8 Å². The van der Waals surface area contributed by atoms with Crippen LogP contribution in [0.3, 0.4) is 0 Å². The topological polar surface area (TPSA) is 62.4 Å². The lowest BCUT2D eigenvalue weighted by Gasteiger charge is -2.20. The molecule has 0 bridgehead atoms. The van der Waals surface area contributed by atoms with Gasteiger partial charge in [-0.25, -0.2) is 0 Å². The maximum Gasteiger partial charge on any atom is 0.229 e. The van der Waals surface area contributed by atoms with Crippen LogP contribution in [0.25, 0.3) is 0 Å². The summed E-state index contributed by atoms with van der Waals surface area (Å²) >= 11 is 0. The molecule has 0 saturated heterocycles. The first-order valence-electron chi connectivity index (χ1n) is 6.84. The van der Waals surface area contributed by atoms with Crippen molar-refractivity contribution in [1.82, 2.24) is 15.0 Å². The Morgan fingerprint density at radius 3 is 2.78 bits per heavy atom. The summed E-state index contributed by atoms with van der Waals surface area (Å²) < 4.78 is 5.37. The van der Waals surface area contributed by atoms with Crippen molar-refractivity contribution >= 4 is 0 Å². The van der Waals surface area contributed by atoms with Gasteiger partial charge in [-0.2, -0.15) is 4.98 Å². The average Bonchev–Trinajstić information content (AvgIpc) is 2.87. The molecule has 1 N–H and O–H groups in total. The zero-order valence-corrected chi connectivity index (χ0v) is 11.3. The second-order valence-electron chi connectivity index (χ2n) is 5.33. The van der Waals surface area contributed by atoms with Crippen LogP contribution in [-0.2, 0) is 6.54 Å². The minimum atomic E-state index is 0.113. The first-order valence-corrected chi connectivity index (χ1v) is 6.84. The lowest BCUT2D eigenvalue weighted by atomic mass is 9.89. The molecule has 1 fully saturated rings. The number of aliphatic hydroxyl groups excluding tert-OH is 1. The maximum atomic E-state index is 9.09. The van der Waals surface area contributed by atoms with Crippen LogP contribution in [0.2, 0.25) is 0 Å². The molecule has 1 aromatic rings. The normalized spacial score (nSPS) is 19.3. The van der Waals surface area contributed by atoms with Gasteiger partial charge < -0.3 is 9.63 Å². The highest BCUT2D eigenvalue weighted by atomic mass is 16.5. The minimum Gasteiger partial charge on any atom is -0.395 e. The third kappa shape index (κ3) is 3.29. The van der Waals surface area contributed by atoms with Crippen LogP contribution in [0, 0.1) is 0 Å². The number of nitrogens with zero attached hydrogens (tertiary/aromatic N) is 3. The van der Waals surface area contributed by atoms with Crippen molar-refractivity contribution < 1.29 is 9.63 Å². The van der Waals surface area contributed by atoms with Crippen LogP contribution in [-0.4, -0.2) is 39.8 Å². The Hall–Kier alpha value is -0.940. The number of hydrogen-bond acceptors (Lipinski definition) is 5. The summed E-state index contributed by atoms with van der Waals surface area (Å²) in [5.41, 5.74) is 0. The van der Waals surface area contributed by atoms with Gasteiger partial charge in [-0.1, -0.05) is 24.4 Å². The highest BCUT2D eigenvalue weighted by Gasteiger charge is 2.22. The van der Waals surface area contributed by atoms with Gasteiger partial charge in [0.1, 0.15) is 0 Å². The quantitative estimate of drug-likeness (QED) is 0.868. The number of aromatic nitrogens is 2. The molecular formula is C13H23N3O2. The molecule has 1 unspecified atom stereocenters. The molecule has 0 radical (unpaired) electrons. The Balaban J connectivity index is 1.93. The molecule has 1 atom stereocenters. The standard InChI is InChI=1S/C13H23N3O2/c1-10(9-17)16(2)8-12-14-13(18-15-12)11-6-4-3-5-7-11/h10-11,17H,3-9H2,1-2H3. The Morgan fingerprint density at radius 1 is 1.39 bits per heavy atom. The minimum absolute atomic E-state index is 0.113. The van der Waals surface area contributed by atoms with Gasteiger partial charge in [-0.3, -0.25) is 4.90 Å². The molecule has 1 aliphatic rings. The predicted octanol–water partition coefficient (Wildman–Crippen LogP) is 1.93. The van der Waals surface area contributed by atoms with Crippen molar-refractivity contribution in [3.8, 4) is 0 Å². The maximum absolute atomic E-state index is 9.09. The lowest BCUT2D eigenvalue weighted by molar-refractivity contribution is 0.150. The zero-order chi connectivity index (χ0) is 13.0. The van der Waals surface area contributed by atoms with E-state index < -0.39 is 0 Å². The molecule has 1 heterocycles. The van der Waals surface area contributed by atoms with Crippen LogP contribution in [0.1, 0.15) is 56.7 Å². The van der Waals surface area contributed by atoms with Crippen LogP contribution in [0.15, 0.2) is 4.52 Å². The molecule has 0 aromatic carbocycles. The van der Waals surface area contributed by atoms with E-state index in [9.17, 15) is 0 Å². The van der Waals surface area contributed by atoms with E-state index in [0.717, 1.165) is 11.7 Å². The molecule has 0 aliphatic heterocycles. The van der Waals surface area contributed by atoms with E-state index in [1.807, 2.05) is 18.9 Å². The molecule has 0 amide bonds. The van der Waals surface area contributed by atoms with Gasteiger partial charge in [0.2, 0.25) is 5.89 Å². The van der Waals surface area contributed by atoms with E-state index in [0.29, 0.717) is 12.5 Å². The van der Waals surface area contributed by atoms with E-state index in [2.05, 4.69) is 10.1 Å². The summed E-state index contributed by atoms with van der Waals surface area (Å²) in [6.07, 6.45) is 6.21. The van der Waals surface area contributed by atoms with Crippen LogP contribution < -0.4 is 0 Å². The number of rotatable bonds is 5. The van der Waals surface area contributed by atoms with Gasteiger partial charge in [0.15, 0.2) is 5.82 Å². The zero-order valence-electron chi connectivity index (χ0n) is 11.3. The summed E-state index contributed by atoms with van der Waals surface area (Å²) in [6.45, 7) is 2.74. The van der Waals surface area contributed by atoms with E-state index in [-0.39, 0.29) is 12.6 Å². The third-order valence-electron chi connectivity index (χ3n) is 3.85. The monoisotopic (exact) mass is 253 g/mol. The highest BCUT2D eigenvalue weighted by Crippen LogP contribution is 2.31. The van der Waals surface area contributed by atoms with E-state index in [1.165, 1.54) is 32.1 Å². The van der Waals surface area contributed by atoms with Crippen molar-refractivity contribution in [3.63, 3.8) is 0 Å². The van der Waals surface area contributed by atoms with E-state index in [4.69, 9.17) is 9.63 Å². The second kappa shape index (κ2) is 6.29. The molecule has 5 heteroatoms. The van der Waals surface area contributed by atoms with Gasteiger partial charge in [0.25, 0.3) is 0 Å². The number of aliphatic hydroxyl groups is 1. The van der Waals surface area contributed by atoms with Crippen molar-refractivity contribution in [2.24, 2.45) is 0 Å². The fourth-order valence-electron chi connectivity index (χ4n) is 2.37.